The third-order valence-electron chi connectivity index (χ3n) is 4.11. The molecule has 0 bridgehead atoms. The normalized spacial score (nSPS) is 11.2. The fourth-order valence-corrected chi connectivity index (χ4v) is 2.64. The van der Waals surface area contributed by atoms with Crippen molar-refractivity contribution >= 4 is 29.9 Å². The van der Waals surface area contributed by atoms with Gasteiger partial charge in [0.05, 0.1) is 13.2 Å². The summed E-state index contributed by atoms with van der Waals surface area (Å²) >= 11 is 0. The minimum absolute atomic E-state index is 0. The van der Waals surface area contributed by atoms with E-state index in [2.05, 4.69) is 42.4 Å². The number of ether oxygens (including phenoxy) is 1. The number of benzene rings is 1. The van der Waals surface area contributed by atoms with Gasteiger partial charge in [-0.3, -0.25) is 0 Å². The van der Waals surface area contributed by atoms with Crippen LogP contribution in [0.4, 0.5) is 0 Å². The SMILES string of the molecule is CCNC(=NCc1ccccc1OCC)NCCCCN(CC)CC.I. The molecule has 0 aliphatic heterocycles. The molecule has 1 aromatic rings. The molecule has 26 heavy (non-hydrogen) atoms. The fraction of sp³-hybridized carbons (Fsp3) is 0.650. The predicted molar refractivity (Wildman–Crippen MR) is 123 cm³/mol. The molecule has 0 saturated heterocycles. The molecule has 5 nitrogen and oxygen atoms in total. The third-order valence-corrected chi connectivity index (χ3v) is 4.11. The molecule has 0 saturated carbocycles. The standard InChI is InChI=1S/C20H36N4O.HI/c1-5-21-20(22-15-11-12-16-24(6-2)7-3)23-17-18-13-9-10-14-19(18)25-8-4;/h9-10,13-14H,5-8,11-12,15-17H2,1-4H3,(H2,21,22,23);1H. The minimum Gasteiger partial charge on any atom is -0.494 e. The van der Waals surface area contributed by atoms with Gasteiger partial charge in [-0.2, -0.15) is 0 Å². The quantitative estimate of drug-likeness (QED) is 0.208. The zero-order valence-corrected chi connectivity index (χ0v) is 19.2. The number of hydrogen-bond donors (Lipinski definition) is 2. The van der Waals surface area contributed by atoms with Crippen molar-refractivity contribution in [1.82, 2.24) is 15.5 Å². The topological polar surface area (TPSA) is 48.9 Å². The lowest BCUT2D eigenvalue weighted by atomic mass is 10.2. The van der Waals surface area contributed by atoms with Crippen LogP contribution >= 0.6 is 24.0 Å². The van der Waals surface area contributed by atoms with E-state index in [0.29, 0.717) is 13.2 Å². The molecule has 0 aliphatic rings. The van der Waals surface area contributed by atoms with Gasteiger partial charge in [0.2, 0.25) is 0 Å². The molecule has 2 N–H and O–H groups in total. The monoisotopic (exact) mass is 476 g/mol. The highest BCUT2D eigenvalue weighted by Crippen LogP contribution is 2.18. The van der Waals surface area contributed by atoms with Crippen molar-refractivity contribution in [2.45, 2.75) is 47.1 Å². The molecule has 0 unspecified atom stereocenters. The lowest BCUT2D eigenvalue weighted by molar-refractivity contribution is 0.297. The Balaban J connectivity index is 0.00000625. The summed E-state index contributed by atoms with van der Waals surface area (Å²) in [5, 5.41) is 6.75. The van der Waals surface area contributed by atoms with Gasteiger partial charge in [-0.05, 0) is 52.4 Å². The summed E-state index contributed by atoms with van der Waals surface area (Å²) in [4.78, 5) is 7.16. The molecule has 0 aromatic heterocycles. The molecule has 150 valence electrons. The smallest absolute Gasteiger partial charge is 0.191 e. The summed E-state index contributed by atoms with van der Waals surface area (Å²) in [6.45, 7) is 15.1. The summed E-state index contributed by atoms with van der Waals surface area (Å²) in [5.41, 5.74) is 1.11. The van der Waals surface area contributed by atoms with Crippen molar-refractivity contribution in [1.29, 1.82) is 0 Å². The van der Waals surface area contributed by atoms with Crippen molar-refractivity contribution in [3.05, 3.63) is 29.8 Å². The van der Waals surface area contributed by atoms with Crippen molar-refractivity contribution in [3.8, 4) is 5.75 Å². The maximum Gasteiger partial charge on any atom is 0.191 e. The van der Waals surface area contributed by atoms with Gasteiger partial charge >= 0.3 is 0 Å². The van der Waals surface area contributed by atoms with Gasteiger partial charge in [0.15, 0.2) is 5.96 Å². The number of unbranched alkanes of at least 4 members (excludes halogenated alkanes) is 1. The summed E-state index contributed by atoms with van der Waals surface area (Å²) in [6.07, 6.45) is 2.36. The number of para-hydroxylation sites is 1. The number of halogens is 1. The first-order valence-corrected chi connectivity index (χ1v) is 9.70. The summed E-state index contributed by atoms with van der Waals surface area (Å²) < 4.78 is 5.67. The van der Waals surface area contributed by atoms with Gasteiger partial charge in [-0.25, -0.2) is 4.99 Å². The summed E-state index contributed by atoms with van der Waals surface area (Å²) in [7, 11) is 0. The van der Waals surface area contributed by atoms with Crippen LogP contribution < -0.4 is 15.4 Å². The first kappa shape index (κ1) is 25.0. The van der Waals surface area contributed by atoms with Gasteiger partial charge in [-0.1, -0.05) is 32.0 Å². The van der Waals surface area contributed by atoms with Gasteiger partial charge in [-0.15, -0.1) is 24.0 Å². The van der Waals surface area contributed by atoms with Crippen LogP contribution in [0.15, 0.2) is 29.3 Å². The molecular formula is C20H37IN4O. The number of aliphatic imine (C=N–C) groups is 1. The molecule has 0 aliphatic carbocycles. The van der Waals surface area contributed by atoms with Crippen LogP contribution in [-0.2, 0) is 6.54 Å². The van der Waals surface area contributed by atoms with Crippen LogP contribution in [0.2, 0.25) is 0 Å². The molecule has 0 atom stereocenters. The van der Waals surface area contributed by atoms with E-state index in [1.165, 1.54) is 13.0 Å². The van der Waals surface area contributed by atoms with Crippen molar-refractivity contribution in [3.63, 3.8) is 0 Å². The molecule has 0 amide bonds. The van der Waals surface area contributed by atoms with Gasteiger partial charge in [0.1, 0.15) is 5.75 Å². The highest BCUT2D eigenvalue weighted by atomic mass is 127. The van der Waals surface area contributed by atoms with Gasteiger partial charge < -0.3 is 20.3 Å². The third kappa shape index (κ3) is 10.2. The molecular weight excluding hydrogens is 439 g/mol. The maximum atomic E-state index is 5.67. The molecule has 0 heterocycles. The average Bonchev–Trinajstić information content (AvgIpc) is 2.64. The minimum atomic E-state index is 0. The van der Waals surface area contributed by atoms with E-state index < -0.39 is 0 Å². The van der Waals surface area contributed by atoms with Crippen molar-refractivity contribution in [2.75, 3.05) is 39.3 Å². The summed E-state index contributed by atoms with van der Waals surface area (Å²) in [5.74, 6) is 1.79. The van der Waals surface area contributed by atoms with Crippen molar-refractivity contribution in [2.24, 2.45) is 4.99 Å². The first-order valence-electron chi connectivity index (χ1n) is 9.70. The van der Waals surface area contributed by atoms with Crippen LogP contribution in [-0.4, -0.2) is 50.2 Å². The lowest BCUT2D eigenvalue weighted by Gasteiger charge is -2.18. The largest absolute Gasteiger partial charge is 0.494 e. The molecule has 0 spiro atoms. The van der Waals surface area contributed by atoms with Gasteiger partial charge in [0, 0.05) is 18.7 Å². The zero-order chi connectivity index (χ0) is 18.3. The summed E-state index contributed by atoms with van der Waals surface area (Å²) in [6, 6.07) is 8.10. The number of guanidine groups is 1. The fourth-order valence-electron chi connectivity index (χ4n) is 2.64. The highest BCUT2D eigenvalue weighted by molar-refractivity contribution is 14.0. The van der Waals surface area contributed by atoms with Crippen LogP contribution in [0.1, 0.15) is 46.1 Å². The molecule has 1 rings (SSSR count). The molecule has 1 aromatic carbocycles. The predicted octanol–water partition coefficient (Wildman–Crippen LogP) is 3.88. The molecule has 0 radical (unpaired) electrons. The Morgan fingerprint density at radius 3 is 2.42 bits per heavy atom. The van der Waals surface area contributed by atoms with E-state index >= 15 is 0 Å². The van der Waals surface area contributed by atoms with E-state index in [1.807, 2.05) is 25.1 Å². The Bertz CT molecular complexity index is 492. The second kappa shape index (κ2) is 16.2. The number of nitrogens with one attached hydrogen (secondary N) is 2. The van der Waals surface area contributed by atoms with Crippen LogP contribution in [0.3, 0.4) is 0 Å². The second-order valence-corrected chi connectivity index (χ2v) is 5.90. The Morgan fingerprint density at radius 2 is 1.77 bits per heavy atom. The van der Waals surface area contributed by atoms with E-state index in [0.717, 1.165) is 49.9 Å². The van der Waals surface area contributed by atoms with Crippen LogP contribution in [0.5, 0.6) is 5.75 Å². The Kier molecular flexibility index (Phi) is 15.5. The van der Waals surface area contributed by atoms with E-state index in [4.69, 9.17) is 9.73 Å². The molecule has 0 fully saturated rings. The number of nitrogens with zero attached hydrogens (tertiary/aromatic N) is 2. The lowest BCUT2D eigenvalue weighted by Crippen LogP contribution is -2.38. The Hall–Kier alpha value is -1.02. The number of hydrogen-bond acceptors (Lipinski definition) is 3. The Morgan fingerprint density at radius 1 is 1.04 bits per heavy atom. The van der Waals surface area contributed by atoms with E-state index in [9.17, 15) is 0 Å². The second-order valence-electron chi connectivity index (χ2n) is 5.90. The highest BCUT2D eigenvalue weighted by Gasteiger charge is 2.03. The van der Waals surface area contributed by atoms with E-state index in [1.54, 1.807) is 0 Å². The van der Waals surface area contributed by atoms with Crippen LogP contribution in [0.25, 0.3) is 0 Å². The maximum absolute atomic E-state index is 5.67. The zero-order valence-electron chi connectivity index (χ0n) is 16.9. The van der Waals surface area contributed by atoms with Crippen molar-refractivity contribution < 1.29 is 4.74 Å². The molecule has 6 heteroatoms. The van der Waals surface area contributed by atoms with E-state index in [-0.39, 0.29) is 24.0 Å². The van der Waals surface area contributed by atoms with Crippen LogP contribution in [0, 0.1) is 0 Å². The van der Waals surface area contributed by atoms with Gasteiger partial charge in [0.25, 0.3) is 0 Å². The Labute approximate surface area is 177 Å². The average molecular weight is 476 g/mol. The number of rotatable bonds is 12. The first-order chi connectivity index (χ1) is 12.2.